The van der Waals surface area contributed by atoms with Crippen molar-refractivity contribution in [2.75, 3.05) is 4.90 Å². The number of rotatable bonds is 1. The van der Waals surface area contributed by atoms with E-state index in [9.17, 15) is 9.59 Å². The number of aromatic nitrogens is 1. The van der Waals surface area contributed by atoms with Gasteiger partial charge < -0.3 is 0 Å². The third kappa shape index (κ3) is 1.58. The maximum atomic E-state index is 12.2. The molecule has 0 spiro atoms. The molecule has 0 unspecified atom stereocenters. The zero-order chi connectivity index (χ0) is 13.4. The summed E-state index contributed by atoms with van der Waals surface area (Å²) in [6, 6.07) is 11.4. The van der Waals surface area contributed by atoms with Crippen LogP contribution in [0.1, 0.15) is 26.4 Å². The number of nitrogens with zero attached hydrogens (tertiary/aromatic N) is 3. The first kappa shape index (κ1) is 11.1. The van der Waals surface area contributed by atoms with Crippen LogP contribution in [0.4, 0.5) is 5.69 Å². The molecule has 0 saturated heterocycles. The minimum atomic E-state index is -0.440. The SMILES string of the molecule is N#Cc1ccc(N2C(=O)c3cccnc3C2=O)cc1. The Labute approximate surface area is 108 Å². The van der Waals surface area contributed by atoms with Crippen LogP contribution >= 0.6 is 0 Å². The smallest absolute Gasteiger partial charge is 0.268 e. The van der Waals surface area contributed by atoms with Crippen LogP contribution in [0.25, 0.3) is 0 Å². The quantitative estimate of drug-likeness (QED) is 0.721. The summed E-state index contributed by atoms with van der Waals surface area (Å²) in [5.74, 6) is -0.830. The number of anilines is 1. The Morgan fingerprint density at radius 2 is 1.79 bits per heavy atom. The number of fused-ring (bicyclic) bond motifs is 1. The molecule has 2 heterocycles. The van der Waals surface area contributed by atoms with Crippen molar-refractivity contribution in [3.63, 3.8) is 0 Å². The van der Waals surface area contributed by atoms with Crippen LogP contribution < -0.4 is 4.90 Å². The number of carbonyl (C=O) groups excluding carboxylic acids is 2. The first-order valence-electron chi connectivity index (χ1n) is 5.56. The highest BCUT2D eigenvalue weighted by molar-refractivity contribution is 6.33. The molecule has 0 saturated carbocycles. The van der Waals surface area contributed by atoms with Gasteiger partial charge in [0.05, 0.1) is 22.9 Å². The van der Waals surface area contributed by atoms with Gasteiger partial charge in [0.2, 0.25) is 0 Å². The standard InChI is InChI=1S/C14H7N3O2/c15-8-9-3-5-10(6-4-9)17-13(18)11-2-1-7-16-12(11)14(17)19/h1-7H. The van der Waals surface area contributed by atoms with Gasteiger partial charge in [-0.2, -0.15) is 5.26 Å². The molecule has 5 nitrogen and oxygen atoms in total. The molecule has 0 atom stereocenters. The number of hydrogen-bond donors (Lipinski definition) is 0. The summed E-state index contributed by atoms with van der Waals surface area (Å²) < 4.78 is 0. The second-order valence-electron chi connectivity index (χ2n) is 4.00. The molecule has 1 aliphatic rings. The van der Waals surface area contributed by atoms with E-state index in [2.05, 4.69) is 4.98 Å². The Bertz CT molecular complexity index is 694. The summed E-state index contributed by atoms with van der Waals surface area (Å²) in [4.78, 5) is 29.3. The van der Waals surface area contributed by atoms with Crippen molar-refractivity contribution in [1.29, 1.82) is 5.26 Å². The summed E-state index contributed by atoms with van der Waals surface area (Å²) in [7, 11) is 0. The molecule has 5 heteroatoms. The van der Waals surface area contributed by atoms with E-state index in [0.29, 0.717) is 16.8 Å². The van der Waals surface area contributed by atoms with Gasteiger partial charge in [0, 0.05) is 6.20 Å². The van der Waals surface area contributed by atoms with Crippen LogP contribution in [0.2, 0.25) is 0 Å². The van der Waals surface area contributed by atoms with Gasteiger partial charge in [0.25, 0.3) is 11.8 Å². The summed E-state index contributed by atoms with van der Waals surface area (Å²) in [5.41, 5.74) is 1.37. The van der Waals surface area contributed by atoms with Crippen molar-refractivity contribution in [2.45, 2.75) is 0 Å². The van der Waals surface area contributed by atoms with E-state index in [4.69, 9.17) is 5.26 Å². The fourth-order valence-corrected chi connectivity index (χ4v) is 1.99. The number of pyridine rings is 1. The van der Waals surface area contributed by atoms with E-state index < -0.39 is 11.8 Å². The second-order valence-corrected chi connectivity index (χ2v) is 4.00. The molecule has 1 aromatic heterocycles. The van der Waals surface area contributed by atoms with E-state index in [1.54, 1.807) is 36.4 Å². The van der Waals surface area contributed by atoms with Crippen LogP contribution in [-0.4, -0.2) is 16.8 Å². The van der Waals surface area contributed by atoms with Gasteiger partial charge >= 0.3 is 0 Å². The minimum Gasteiger partial charge on any atom is -0.268 e. The number of hydrogen-bond acceptors (Lipinski definition) is 4. The fraction of sp³-hybridized carbons (Fsp3) is 0. The number of amides is 2. The summed E-state index contributed by atoms with van der Waals surface area (Å²) >= 11 is 0. The Morgan fingerprint density at radius 1 is 1.05 bits per heavy atom. The lowest BCUT2D eigenvalue weighted by atomic mass is 10.2. The van der Waals surface area contributed by atoms with Crippen molar-refractivity contribution in [3.05, 3.63) is 59.4 Å². The predicted octanol–water partition coefficient (Wildman–Crippen LogP) is 1.75. The zero-order valence-electron chi connectivity index (χ0n) is 9.70. The Morgan fingerprint density at radius 3 is 2.42 bits per heavy atom. The normalized spacial score (nSPS) is 13.3. The molecule has 2 amide bonds. The van der Waals surface area contributed by atoms with Crippen LogP contribution in [0.15, 0.2) is 42.6 Å². The molecule has 90 valence electrons. The van der Waals surface area contributed by atoms with Crippen LogP contribution in [0, 0.1) is 11.3 Å². The largest absolute Gasteiger partial charge is 0.284 e. The number of benzene rings is 1. The van der Waals surface area contributed by atoms with Crippen LogP contribution in [0.3, 0.4) is 0 Å². The first-order chi connectivity index (χ1) is 9.22. The third-order valence-electron chi connectivity index (χ3n) is 2.90. The third-order valence-corrected chi connectivity index (χ3v) is 2.90. The van der Waals surface area contributed by atoms with Crippen molar-refractivity contribution in [1.82, 2.24) is 4.98 Å². The van der Waals surface area contributed by atoms with Crippen LogP contribution in [0.5, 0.6) is 0 Å². The molecule has 0 bridgehead atoms. The molecule has 0 aliphatic carbocycles. The van der Waals surface area contributed by atoms with E-state index in [1.807, 2.05) is 6.07 Å². The molecule has 1 aromatic carbocycles. The molecule has 1 aliphatic heterocycles. The van der Waals surface area contributed by atoms with E-state index in [-0.39, 0.29) is 5.69 Å². The van der Waals surface area contributed by atoms with E-state index >= 15 is 0 Å². The van der Waals surface area contributed by atoms with Gasteiger partial charge in [-0.1, -0.05) is 0 Å². The summed E-state index contributed by atoms with van der Waals surface area (Å²) in [5, 5.41) is 8.73. The van der Waals surface area contributed by atoms with Gasteiger partial charge in [-0.15, -0.1) is 0 Å². The highest BCUT2D eigenvalue weighted by atomic mass is 16.2. The molecule has 3 rings (SSSR count). The molecular weight excluding hydrogens is 242 g/mol. The van der Waals surface area contributed by atoms with E-state index in [1.165, 1.54) is 6.20 Å². The highest BCUT2D eigenvalue weighted by Gasteiger charge is 2.37. The van der Waals surface area contributed by atoms with Crippen molar-refractivity contribution in [3.8, 4) is 6.07 Å². The average molecular weight is 249 g/mol. The molecule has 0 N–H and O–H groups in total. The van der Waals surface area contributed by atoms with Gasteiger partial charge in [0.1, 0.15) is 5.69 Å². The van der Waals surface area contributed by atoms with Crippen molar-refractivity contribution >= 4 is 17.5 Å². The summed E-state index contributed by atoms with van der Waals surface area (Å²) in [6.07, 6.45) is 1.48. The van der Waals surface area contributed by atoms with Crippen molar-refractivity contribution in [2.24, 2.45) is 0 Å². The summed E-state index contributed by atoms with van der Waals surface area (Å²) in [6.45, 7) is 0. The van der Waals surface area contributed by atoms with Crippen LogP contribution in [-0.2, 0) is 0 Å². The van der Waals surface area contributed by atoms with E-state index in [0.717, 1.165) is 4.90 Å². The lowest BCUT2D eigenvalue weighted by Gasteiger charge is -2.13. The molecule has 2 aromatic rings. The Kier molecular flexibility index (Phi) is 2.36. The molecule has 0 fully saturated rings. The fourth-order valence-electron chi connectivity index (χ4n) is 1.99. The zero-order valence-corrected chi connectivity index (χ0v) is 9.70. The second kappa shape index (κ2) is 4.03. The van der Waals surface area contributed by atoms with Gasteiger partial charge in [-0.3, -0.25) is 14.6 Å². The average Bonchev–Trinajstić information content (AvgIpc) is 2.72. The first-order valence-corrected chi connectivity index (χ1v) is 5.56. The molecule has 19 heavy (non-hydrogen) atoms. The molecule has 0 radical (unpaired) electrons. The Hall–Kier alpha value is -3.00. The lowest BCUT2D eigenvalue weighted by Crippen LogP contribution is -2.29. The molecular formula is C14H7N3O2. The number of nitriles is 1. The van der Waals surface area contributed by atoms with Gasteiger partial charge in [-0.05, 0) is 36.4 Å². The number of imide groups is 1. The topological polar surface area (TPSA) is 74.1 Å². The maximum absolute atomic E-state index is 12.2. The highest BCUT2D eigenvalue weighted by Crippen LogP contribution is 2.26. The van der Waals surface area contributed by atoms with Gasteiger partial charge in [0.15, 0.2) is 0 Å². The minimum absolute atomic E-state index is 0.164. The Balaban J connectivity index is 2.06. The van der Waals surface area contributed by atoms with Crippen molar-refractivity contribution < 1.29 is 9.59 Å². The van der Waals surface area contributed by atoms with Gasteiger partial charge in [-0.25, -0.2) is 4.90 Å². The lowest BCUT2D eigenvalue weighted by molar-refractivity contribution is 0.0924. The predicted molar refractivity (Wildman–Crippen MR) is 66.5 cm³/mol. The number of carbonyl (C=O) groups is 2. The maximum Gasteiger partial charge on any atom is 0.284 e. The monoisotopic (exact) mass is 249 g/mol.